The topological polar surface area (TPSA) is 98.1 Å². The third-order valence-electron chi connectivity index (χ3n) is 4.74. The Bertz CT molecular complexity index is 1320. The van der Waals surface area contributed by atoms with Crippen LogP contribution in [0, 0.1) is 0 Å². The van der Waals surface area contributed by atoms with Crippen LogP contribution in [0.15, 0.2) is 73.9 Å². The third kappa shape index (κ3) is 4.93. The van der Waals surface area contributed by atoms with Crippen LogP contribution in [0.2, 0.25) is 5.02 Å². The normalized spacial score (nSPS) is 15.9. The average Bonchev–Trinajstić information content (AvgIpc) is 3.52. The molecule has 0 radical (unpaired) electrons. The quantitative estimate of drug-likeness (QED) is 0.431. The average molecular weight is 515 g/mol. The van der Waals surface area contributed by atoms with Gasteiger partial charge in [0.25, 0.3) is 11.1 Å². The van der Waals surface area contributed by atoms with Gasteiger partial charge in [-0.2, -0.15) is 0 Å². The van der Waals surface area contributed by atoms with Crippen molar-refractivity contribution in [1.82, 2.24) is 4.90 Å². The number of benzene rings is 2. The highest BCUT2D eigenvalue weighted by atomic mass is 35.5. The monoisotopic (exact) mass is 514 g/mol. The second-order valence-corrected chi connectivity index (χ2v) is 9.60. The van der Waals surface area contributed by atoms with Crippen molar-refractivity contribution in [2.45, 2.75) is 9.99 Å². The molecule has 3 heterocycles. The Labute approximate surface area is 207 Å². The minimum absolute atomic E-state index is 0.118. The molecular formula is C23H15ClN2O6S2. The molecule has 1 saturated heterocycles. The van der Waals surface area contributed by atoms with Gasteiger partial charge in [0, 0.05) is 27.7 Å². The van der Waals surface area contributed by atoms with Crippen molar-refractivity contribution in [1.29, 1.82) is 0 Å². The van der Waals surface area contributed by atoms with Crippen LogP contribution in [0.5, 0.6) is 11.5 Å². The second kappa shape index (κ2) is 9.49. The van der Waals surface area contributed by atoms with Crippen LogP contribution in [0.1, 0.15) is 5.76 Å². The van der Waals surface area contributed by atoms with Crippen molar-refractivity contribution in [3.63, 3.8) is 0 Å². The number of halogens is 1. The molecule has 1 fully saturated rings. The number of hydrogen-bond donors (Lipinski definition) is 1. The molecule has 0 aliphatic carbocycles. The zero-order valence-electron chi connectivity index (χ0n) is 17.3. The molecular weight excluding hydrogens is 500 g/mol. The summed E-state index contributed by atoms with van der Waals surface area (Å²) in [6, 6.07) is 15.7. The van der Waals surface area contributed by atoms with Crippen molar-refractivity contribution in [2.24, 2.45) is 0 Å². The molecule has 11 heteroatoms. The van der Waals surface area contributed by atoms with Gasteiger partial charge in [-0.15, -0.1) is 0 Å². The molecule has 0 atom stereocenters. The number of ether oxygens (including phenoxy) is 2. The number of hydrogen-bond acceptors (Lipinski definition) is 8. The van der Waals surface area contributed by atoms with E-state index in [0.717, 1.165) is 21.6 Å². The van der Waals surface area contributed by atoms with Crippen molar-refractivity contribution in [2.75, 3.05) is 18.7 Å². The van der Waals surface area contributed by atoms with E-state index < -0.39 is 23.6 Å². The van der Waals surface area contributed by atoms with E-state index >= 15 is 0 Å². The molecule has 2 aliphatic rings. The first-order valence-electron chi connectivity index (χ1n) is 9.93. The number of nitrogens with one attached hydrogen (secondary N) is 1. The highest BCUT2D eigenvalue weighted by Crippen LogP contribution is 2.36. The van der Waals surface area contributed by atoms with Crippen LogP contribution >= 0.6 is 35.1 Å². The maximum Gasteiger partial charge on any atom is 0.294 e. The zero-order chi connectivity index (χ0) is 23.7. The van der Waals surface area contributed by atoms with Crippen LogP contribution in [-0.2, 0) is 9.59 Å². The molecule has 0 spiro atoms. The van der Waals surface area contributed by atoms with E-state index in [-0.39, 0.29) is 11.7 Å². The molecule has 1 aromatic heterocycles. The van der Waals surface area contributed by atoms with E-state index in [2.05, 4.69) is 5.32 Å². The van der Waals surface area contributed by atoms with E-state index in [4.69, 9.17) is 25.5 Å². The summed E-state index contributed by atoms with van der Waals surface area (Å²) < 4.78 is 16.3. The number of carbonyl (C=O) groups excluding carboxylic acids is 3. The number of nitrogens with zero attached hydrogens (tertiary/aromatic N) is 1. The minimum atomic E-state index is -0.556. The highest BCUT2D eigenvalue weighted by molar-refractivity contribution is 8.18. The fourth-order valence-corrected chi connectivity index (χ4v) is 4.89. The lowest BCUT2D eigenvalue weighted by Gasteiger charge is -2.12. The van der Waals surface area contributed by atoms with Crippen molar-refractivity contribution in [3.8, 4) is 11.5 Å². The van der Waals surface area contributed by atoms with Gasteiger partial charge in [0.15, 0.2) is 16.6 Å². The Morgan fingerprint density at radius 1 is 1.09 bits per heavy atom. The summed E-state index contributed by atoms with van der Waals surface area (Å²) in [7, 11) is 0. The molecule has 2 aliphatic heterocycles. The molecule has 3 aromatic rings. The molecule has 5 rings (SSSR count). The van der Waals surface area contributed by atoms with Crippen LogP contribution < -0.4 is 14.8 Å². The second-order valence-electron chi connectivity index (χ2n) is 7.10. The lowest BCUT2D eigenvalue weighted by molar-refractivity contribution is -0.127. The Hall–Kier alpha value is -3.34. The molecule has 1 N–H and O–H groups in total. The highest BCUT2D eigenvalue weighted by Gasteiger charge is 2.36. The molecule has 0 bridgehead atoms. The maximum absolute atomic E-state index is 12.7. The van der Waals surface area contributed by atoms with Crippen LogP contribution in [0.25, 0.3) is 6.08 Å². The van der Waals surface area contributed by atoms with E-state index in [0.29, 0.717) is 33.1 Å². The number of carbonyl (C=O) groups is 3. The first-order chi connectivity index (χ1) is 16.4. The van der Waals surface area contributed by atoms with Gasteiger partial charge in [-0.3, -0.25) is 19.3 Å². The van der Waals surface area contributed by atoms with E-state index in [1.807, 2.05) is 12.1 Å². The van der Waals surface area contributed by atoms with Crippen LogP contribution in [0.4, 0.5) is 10.5 Å². The van der Waals surface area contributed by atoms with Gasteiger partial charge in [0.05, 0.1) is 4.91 Å². The lowest BCUT2D eigenvalue weighted by Crippen LogP contribution is -2.36. The van der Waals surface area contributed by atoms with Crippen LogP contribution in [0.3, 0.4) is 0 Å². The SMILES string of the molecule is O=C(CN1C(=O)S/C(=C\c2ccc(Sc3ccc(Cl)cc3)o2)C1=O)Nc1ccc2c(c1)OCO2. The van der Waals surface area contributed by atoms with Gasteiger partial charge in [0.1, 0.15) is 12.3 Å². The smallest absolute Gasteiger partial charge is 0.294 e. The van der Waals surface area contributed by atoms with Gasteiger partial charge in [-0.05, 0) is 60.3 Å². The number of thioether (sulfide) groups is 1. The Balaban J connectivity index is 1.22. The molecule has 172 valence electrons. The molecule has 0 saturated carbocycles. The number of amides is 3. The molecule has 2 aromatic carbocycles. The van der Waals surface area contributed by atoms with Crippen molar-refractivity contribution in [3.05, 3.63) is 70.3 Å². The van der Waals surface area contributed by atoms with E-state index in [1.54, 1.807) is 42.5 Å². The third-order valence-corrected chi connectivity index (χ3v) is 6.83. The van der Waals surface area contributed by atoms with Gasteiger partial charge in [-0.1, -0.05) is 23.4 Å². The minimum Gasteiger partial charge on any atom is -0.454 e. The summed E-state index contributed by atoms with van der Waals surface area (Å²) in [4.78, 5) is 39.5. The number of anilines is 1. The predicted octanol–water partition coefficient (Wildman–Crippen LogP) is 5.49. The van der Waals surface area contributed by atoms with E-state index in [1.165, 1.54) is 17.8 Å². The summed E-state index contributed by atoms with van der Waals surface area (Å²) in [5.41, 5.74) is 0.470. The number of fused-ring (bicyclic) bond motifs is 1. The molecule has 34 heavy (non-hydrogen) atoms. The molecule has 3 amide bonds. The number of rotatable bonds is 6. The predicted molar refractivity (Wildman–Crippen MR) is 128 cm³/mol. The van der Waals surface area contributed by atoms with Crippen molar-refractivity contribution >= 4 is 63.9 Å². The Morgan fingerprint density at radius 2 is 1.88 bits per heavy atom. The number of imide groups is 1. The van der Waals surface area contributed by atoms with Gasteiger partial charge < -0.3 is 19.2 Å². The largest absolute Gasteiger partial charge is 0.454 e. The Kier molecular flexibility index (Phi) is 6.27. The molecule has 8 nitrogen and oxygen atoms in total. The summed E-state index contributed by atoms with van der Waals surface area (Å²) in [6.45, 7) is -0.293. The molecule has 0 unspecified atom stereocenters. The maximum atomic E-state index is 12.7. The van der Waals surface area contributed by atoms with Gasteiger partial charge in [-0.25, -0.2) is 0 Å². The van der Waals surface area contributed by atoms with Crippen molar-refractivity contribution < 1.29 is 28.3 Å². The summed E-state index contributed by atoms with van der Waals surface area (Å²) in [6.07, 6.45) is 1.49. The number of furan rings is 1. The fraction of sp³-hybridized carbons (Fsp3) is 0.0870. The fourth-order valence-electron chi connectivity index (χ4n) is 3.17. The summed E-state index contributed by atoms with van der Waals surface area (Å²) in [5.74, 6) is 0.452. The standard InChI is InChI=1S/C23H15ClN2O6S2/c24-13-1-5-16(6-2-13)33-21-8-4-15(32-21)10-19-22(28)26(23(29)34-19)11-20(27)25-14-3-7-17-18(9-14)31-12-30-17/h1-10H,11-12H2,(H,25,27)/b19-10-. The summed E-state index contributed by atoms with van der Waals surface area (Å²) >= 11 is 8.06. The van der Waals surface area contributed by atoms with E-state index in [9.17, 15) is 14.4 Å². The first-order valence-corrected chi connectivity index (χ1v) is 11.9. The van der Waals surface area contributed by atoms with Gasteiger partial charge >= 0.3 is 0 Å². The lowest BCUT2D eigenvalue weighted by atomic mass is 10.2. The zero-order valence-corrected chi connectivity index (χ0v) is 19.7. The first kappa shape index (κ1) is 22.5. The van der Waals surface area contributed by atoms with Gasteiger partial charge in [0.2, 0.25) is 12.7 Å². The van der Waals surface area contributed by atoms with Crippen LogP contribution in [-0.4, -0.2) is 35.3 Å². The Morgan fingerprint density at radius 3 is 2.71 bits per heavy atom. The summed E-state index contributed by atoms with van der Waals surface area (Å²) in [5, 5.41) is 3.39.